The van der Waals surface area contributed by atoms with Crippen molar-refractivity contribution in [3.63, 3.8) is 0 Å². The smallest absolute Gasteiger partial charge is 0.338 e. The van der Waals surface area contributed by atoms with Gasteiger partial charge in [-0.3, -0.25) is 0 Å². The van der Waals surface area contributed by atoms with Gasteiger partial charge < -0.3 is 20.5 Å². The second-order valence-electron chi connectivity index (χ2n) is 4.35. The van der Waals surface area contributed by atoms with Crippen molar-refractivity contribution in [1.82, 2.24) is 0 Å². The van der Waals surface area contributed by atoms with Crippen LogP contribution in [0.4, 0.5) is 17.1 Å². The van der Waals surface area contributed by atoms with E-state index in [9.17, 15) is 4.79 Å². The summed E-state index contributed by atoms with van der Waals surface area (Å²) in [5.74, 6) is 0.319. The Kier molecular flexibility index (Phi) is 4.66. The maximum Gasteiger partial charge on any atom is 0.338 e. The molecule has 0 aliphatic carbocycles. The number of para-hydroxylation sites is 2. The summed E-state index contributed by atoms with van der Waals surface area (Å²) in [5.41, 5.74) is 8.33. The highest BCUT2D eigenvalue weighted by molar-refractivity contribution is 5.92. The molecule has 2 rings (SSSR count). The Morgan fingerprint density at radius 2 is 1.95 bits per heavy atom. The van der Waals surface area contributed by atoms with E-state index < -0.39 is 0 Å². The highest BCUT2D eigenvalue weighted by Gasteiger charge is 2.10. The van der Waals surface area contributed by atoms with E-state index in [4.69, 9.17) is 15.2 Å². The second-order valence-corrected chi connectivity index (χ2v) is 4.35. The van der Waals surface area contributed by atoms with Gasteiger partial charge in [-0.1, -0.05) is 12.1 Å². The normalized spacial score (nSPS) is 10.0. The standard InChI is InChI=1S/C16H18N2O3/c1-3-21-16(19)11-8-9-12(17)14(10-11)18-13-6-4-5-7-15(13)20-2/h4-10,18H,3,17H2,1-2H3. The van der Waals surface area contributed by atoms with Crippen LogP contribution in [0.2, 0.25) is 0 Å². The fourth-order valence-corrected chi connectivity index (χ4v) is 1.90. The van der Waals surface area contributed by atoms with Crippen LogP contribution in [-0.4, -0.2) is 19.7 Å². The van der Waals surface area contributed by atoms with Crippen molar-refractivity contribution in [2.45, 2.75) is 6.92 Å². The first kappa shape index (κ1) is 14.7. The molecule has 0 amide bonds. The summed E-state index contributed by atoms with van der Waals surface area (Å²) in [6.07, 6.45) is 0. The number of esters is 1. The fraction of sp³-hybridized carbons (Fsp3) is 0.188. The second kappa shape index (κ2) is 6.65. The summed E-state index contributed by atoms with van der Waals surface area (Å²) < 4.78 is 10.3. The lowest BCUT2D eigenvalue weighted by Gasteiger charge is -2.13. The molecule has 0 spiro atoms. The van der Waals surface area contributed by atoms with Gasteiger partial charge in [0.2, 0.25) is 0 Å². The summed E-state index contributed by atoms with van der Waals surface area (Å²) >= 11 is 0. The SMILES string of the molecule is CCOC(=O)c1ccc(N)c(Nc2ccccc2OC)c1. The predicted octanol–water partition coefficient (Wildman–Crippen LogP) is 3.20. The summed E-state index contributed by atoms with van der Waals surface area (Å²) in [6.45, 7) is 2.10. The average molecular weight is 286 g/mol. The third-order valence-electron chi connectivity index (χ3n) is 2.94. The van der Waals surface area contributed by atoms with Crippen LogP contribution in [0, 0.1) is 0 Å². The zero-order chi connectivity index (χ0) is 15.2. The number of nitrogens with one attached hydrogen (secondary N) is 1. The topological polar surface area (TPSA) is 73.6 Å². The minimum absolute atomic E-state index is 0.332. The number of benzene rings is 2. The number of nitrogens with two attached hydrogens (primary N) is 1. The first-order valence-corrected chi connectivity index (χ1v) is 6.62. The van der Waals surface area contributed by atoms with Gasteiger partial charge in [0.1, 0.15) is 5.75 Å². The molecular weight excluding hydrogens is 268 g/mol. The average Bonchev–Trinajstić information content (AvgIpc) is 2.50. The summed E-state index contributed by atoms with van der Waals surface area (Å²) in [7, 11) is 1.60. The highest BCUT2D eigenvalue weighted by Crippen LogP contribution is 2.30. The summed E-state index contributed by atoms with van der Waals surface area (Å²) in [5, 5.41) is 3.17. The molecule has 2 aromatic rings. The third kappa shape index (κ3) is 3.45. The van der Waals surface area contributed by atoms with Crippen LogP contribution >= 0.6 is 0 Å². The van der Waals surface area contributed by atoms with Crippen molar-refractivity contribution in [3.8, 4) is 5.75 Å². The molecule has 0 aliphatic heterocycles. The molecule has 0 fully saturated rings. The molecule has 0 saturated heterocycles. The van der Waals surface area contributed by atoms with Gasteiger partial charge in [0.05, 0.1) is 36.3 Å². The van der Waals surface area contributed by atoms with Gasteiger partial charge in [-0.15, -0.1) is 0 Å². The summed E-state index contributed by atoms with van der Waals surface area (Å²) in [4.78, 5) is 11.8. The molecule has 2 aromatic carbocycles. The van der Waals surface area contributed by atoms with Crippen LogP contribution in [0.5, 0.6) is 5.75 Å². The van der Waals surface area contributed by atoms with Crippen LogP contribution in [0.1, 0.15) is 17.3 Å². The Hall–Kier alpha value is -2.69. The van der Waals surface area contributed by atoms with Crippen molar-refractivity contribution in [2.24, 2.45) is 0 Å². The predicted molar refractivity (Wildman–Crippen MR) is 83.1 cm³/mol. The molecule has 0 aromatic heterocycles. The number of rotatable bonds is 5. The lowest BCUT2D eigenvalue weighted by molar-refractivity contribution is 0.0526. The molecule has 0 saturated carbocycles. The molecule has 3 N–H and O–H groups in total. The van der Waals surface area contributed by atoms with Gasteiger partial charge in [-0.2, -0.15) is 0 Å². The molecule has 0 heterocycles. The lowest BCUT2D eigenvalue weighted by atomic mass is 10.1. The van der Waals surface area contributed by atoms with E-state index in [0.29, 0.717) is 29.3 Å². The number of hydrogen-bond acceptors (Lipinski definition) is 5. The Balaban J connectivity index is 2.31. The zero-order valence-electron chi connectivity index (χ0n) is 12.1. The van der Waals surface area contributed by atoms with Gasteiger partial charge >= 0.3 is 5.97 Å². The number of nitrogen functional groups attached to an aromatic ring is 1. The van der Waals surface area contributed by atoms with Gasteiger partial charge in [0.25, 0.3) is 0 Å². The molecule has 21 heavy (non-hydrogen) atoms. The van der Waals surface area contributed by atoms with Crippen LogP contribution in [0.15, 0.2) is 42.5 Å². The number of ether oxygens (including phenoxy) is 2. The Morgan fingerprint density at radius 3 is 2.67 bits per heavy atom. The first-order valence-electron chi connectivity index (χ1n) is 6.62. The van der Waals surface area contributed by atoms with Crippen molar-refractivity contribution in [2.75, 3.05) is 24.8 Å². The van der Waals surface area contributed by atoms with Gasteiger partial charge in [0, 0.05) is 0 Å². The van der Waals surface area contributed by atoms with Gasteiger partial charge in [-0.25, -0.2) is 4.79 Å². The van der Waals surface area contributed by atoms with Crippen molar-refractivity contribution < 1.29 is 14.3 Å². The minimum atomic E-state index is -0.374. The number of carbonyl (C=O) groups is 1. The molecule has 110 valence electrons. The van der Waals surface area contributed by atoms with Gasteiger partial charge in [0.15, 0.2) is 0 Å². The Bertz CT molecular complexity index is 641. The van der Waals surface area contributed by atoms with Crippen LogP contribution in [-0.2, 0) is 4.74 Å². The zero-order valence-corrected chi connectivity index (χ0v) is 12.1. The fourth-order valence-electron chi connectivity index (χ4n) is 1.90. The van der Waals surface area contributed by atoms with E-state index in [0.717, 1.165) is 5.69 Å². The Morgan fingerprint density at radius 1 is 1.19 bits per heavy atom. The van der Waals surface area contributed by atoms with E-state index in [1.807, 2.05) is 24.3 Å². The Labute approximate surface area is 123 Å². The molecular formula is C16H18N2O3. The number of anilines is 3. The molecule has 0 bridgehead atoms. The maximum atomic E-state index is 11.8. The lowest BCUT2D eigenvalue weighted by Crippen LogP contribution is -2.06. The van der Waals surface area contributed by atoms with Crippen molar-refractivity contribution in [1.29, 1.82) is 0 Å². The highest BCUT2D eigenvalue weighted by atomic mass is 16.5. The summed E-state index contributed by atoms with van der Waals surface area (Å²) in [6, 6.07) is 12.5. The number of carbonyl (C=O) groups excluding carboxylic acids is 1. The quantitative estimate of drug-likeness (QED) is 0.652. The van der Waals surface area contributed by atoms with E-state index >= 15 is 0 Å². The molecule has 5 nitrogen and oxygen atoms in total. The number of hydrogen-bond donors (Lipinski definition) is 2. The first-order chi connectivity index (χ1) is 10.2. The van der Waals surface area contributed by atoms with Crippen LogP contribution in [0.3, 0.4) is 0 Å². The molecule has 5 heteroatoms. The van der Waals surface area contributed by atoms with E-state index in [1.165, 1.54) is 0 Å². The minimum Gasteiger partial charge on any atom is -0.495 e. The number of methoxy groups -OCH3 is 1. The van der Waals surface area contributed by atoms with Crippen molar-refractivity contribution >= 4 is 23.0 Å². The maximum absolute atomic E-state index is 11.8. The van der Waals surface area contributed by atoms with Crippen molar-refractivity contribution in [3.05, 3.63) is 48.0 Å². The molecule has 0 unspecified atom stereocenters. The molecule has 0 atom stereocenters. The monoisotopic (exact) mass is 286 g/mol. The van der Waals surface area contributed by atoms with E-state index in [1.54, 1.807) is 32.2 Å². The largest absolute Gasteiger partial charge is 0.495 e. The van der Waals surface area contributed by atoms with Crippen LogP contribution < -0.4 is 15.8 Å². The van der Waals surface area contributed by atoms with E-state index in [-0.39, 0.29) is 5.97 Å². The molecule has 0 aliphatic rings. The third-order valence-corrected chi connectivity index (χ3v) is 2.94. The van der Waals surface area contributed by atoms with Gasteiger partial charge in [-0.05, 0) is 37.3 Å². The van der Waals surface area contributed by atoms with Crippen LogP contribution in [0.25, 0.3) is 0 Å². The van der Waals surface area contributed by atoms with E-state index in [2.05, 4.69) is 5.32 Å². The molecule has 0 radical (unpaired) electrons.